The molecule has 0 fully saturated rings. The molecule has 0 saturated carbocycles. The molecule has 4 rings (SSSR count). The molecule has 8 heteroatoms. The van der Waals surface area contributed by atoms with E-state index in [0.717, 1.165) is 28.9 Å². The molecule has 0 radical (unpaired) electrons. The van der Waals surface area contributed by atoms with E-state index in [1.165, 1.54) is 6.07 Å². The van der Waals surface area contributed by atoms with Crippen LogP contribution in [-0.2, 0) is 22.3 Å². The van der Waals surface area contributed by atoms with Crippen LogP contribution >= 0.6 is 0 Å². The predicted octanol–water partition coefficient (Wildman–Crippen LogP) is 3.78. The van der Waals surface area contributed by atoms with Crippen molar-refractivity contribution in [1.29, 1.82) is 0 Å². The topological polar surface area (TPSA) is 64.0 Å². The number of carbonyl (C=O) groups excluding carboxylic acids is 1. The summed E-state index contributed by atoms with van der Waals surface area (Å²) in [5.41, 5.74) is 3.31. The zero-order chi connectivity index (χ0) is 20.0. The third-order valence-corrected chi connectivity index (χ3v) is 6.10. The molecule has 28 heavy (non-hydrogen) atoms. The Bertz CT molecular complexity index is 1120. The number of aromatic nitrogens is 2. The number of benzene rings is 2. The minimum atomic E-state index is -1.12. The van der Waals surface area contributed by atoms with Crippen molar-refractivity contribution >= 4 is 22.5 Å². The van der Waals surface area contributed by atoms with Crippen LogP contribution in [0.5, 0.6) is 0 Å². The van der Waals surface area contributed by atoms with Crippen molar-refractivity contribution in [2.45, 2.75) is 25.4 Å². The van der Waals surface area contributed by atoms with E-state index < -0.39 is 33.9 Å². The molecule has 1 atom stereocenters. The smallest absolute Gasteiger partial charge is 0.262 e. The van der Waals surface area contributed by atoms with Crippen molar-refractivity contribution in [3.8, 4) is 5.69 Å². The summed E-state index contributed by atoms with van der Waals surface area (Å²) in [6.45, 7) is 3.88. The quantitative estimate of drug-likeness (QED) is 0.726. The molecule has 1 aromatic heterocycles. The molecule has 2 heterocycles. The molecule has 2 aromatic carbocycles. The maximum atomic E-state index is 14.0. The fraction of sp³-hybridized carbons (Fsp3) is 0.200. The van der Waals surface area contributed by atoms with Gasteiger partial charge in [0.05, 0.1) is 22.9 Å². The number of amides is 1. The average Bonchev–Trinajstić information content (AvgIpc) is 3.14. The summed E-state index contributed by atoms with van der Waals surface area (Å²) in [6, 6.07) is 8.92. The molecule has 1 unspecified atom stereocenters. The van der Waals surface area contributed by atoms with Gasteiger partial charge in [0.25, 0.3) is 5.91 Å². The number of nitrogens with one attached hydrogen (secondary N) is 1. The van der Waals surface area contributed by atoms with Gasteiger partial charge in [0.1, 0.15) is 23.0 Å². The Hall–Kier alpha value is -2.87. The molecule has 1 aliphatic heterocycles. The first-order valence-electron chi connectivity index (χ1n) is 8.64. The van der Waals surface area contributed by atoms with Gasteiger partial charge < -0.3 is 5.32 Å². The van der Waals surface area contributed by atoms with Gasteiger partial charge in [-0.2, -0.15) is 5.10 Å². The number of hydrogen-bond acceptors (Lipinski definition) is 3. The molecule has 5 nitrogen and oxygen atoms in total. The molecule has 1 N–H and O–H groups in total. The van der Waals surface area contributed by atoms with Crippen LogP contribution < -0.4 is 5.32 Å². The number of aryl methyl sites for hydroxylation is 1. The van der Waals surface area contributed by atoms with Gasteiger partial charge in [0.15, 0.2) is 0 Å². The molecule has 0 aliphatic carbocycles. The van der Waals surface area contributed by atoms with Crippen LogP contribution in [0.1, 0.15) is 32.7 Å². The second-order valence-corrected chi connectivity index (χ2v) is 8.14. The minimum absolute atomic E-state index is 0.232. The first-order valence-corrected chi connectivity index (χ1v) is 10.1. The number of anilines is 1. The highest BCUT2D eigenvalue weighted by Gasteiger charge is 2.30. The first kappa shape index (κ1) is 18.5. The van der Waals surface area contributed by atoms with Gasteiger partial charge in [-0.25, -0.2) is 13.5 Å². The Balaban J connectivity index is 1.83. The Morgan fingerprint density at radius 1 is 1.11 bits per heavy atom. The third kappa shape index (κ3) is 3.03. The summed E-state index contributed by atoms with van der Waals surface area (Å²) in [5.74, 6) is -2.00. The van der Waals surface area contributed by atoms with Gasteiger partial charge in [0.2, 0.25) is 0 Å². The summed E-state index contributed by atoms with van der Waals surface area (Å²) in [6.07, 6.45) is 0. The highest BCUT2D eigenvalue weighted by atomic mass is 32.2. The lowest BCUT2D eigenvalue weighted by Gasteiger charge is -2.14. The number of hydrogen-bond donors (Lipinski definition) is 1. The summed E-state index contributed by atoms with van der Waals surface area (Å²) in [4.78, 5) is 12.7. The second-order valence-electron chi connectivity index (χ2n) is 6.68. The van der Waals surface area contributed by atoms with E-state index in [4.69, 9.17) is 0 Å². The van der Waals surface area contributed by atoms with E-state index in [2.05, 4.69) is 10.4 Å². The lowest BCUT2D eigenvalue weighted by Crippen LogP contribution is -2.19. The Labute approximate surface area is 162 Å². The highest BCUT2D eigenvalue weighted by molar-refractivity contribution is 7.83. The molecule has 1 amide bonds. The molecule has 0 spiro atoms. The summed E-state index contributed by atoms with van der Waals surface area (Å²) in [7, 11) is -1.12. The Morgan fingerprint density at radius 3 is 2.50 bits per heavy atom. The van der Waals surface area contributed by atoms with Gasteiger partial charge in [-0.1, -0.05) is 18.2 Å². The molecule has 144 valence electrons. The molecule has 3 aromatic rings. The standard InChI is InChI=1S/C20H17F2N3O2S/c1-11-5-3-8-17(12(11)2)25-19(13-9-28(27)10-16(13)24-25)23-20(26)18-14(21)6-4-7-15(18)22/h3-8H,9-10H2,1-2H3,(H,23,26). The lowest BCUT2D eigenvalue weighted by molar-refractivity contribution is 0.101. The van der Waals surface area contributed by atoms with Crippen molar-refractivity contribution in [3.63, 3.8) is 0 Å². The van der Waals surface area contributed by atoms with Crippen LogP contribution in [0.4, 0.5) is 14.6 Å². The van der Waals surface area contributed by atoms with Gasteiger partial charge in [-0.15, -0.1) is 0 Å². The Morgan fingerprint density at radius 2 is 1.79 bits per heavy atom. The monoisotopic (exact) mass is 401 g/mol. The summed E-state index contributed by atoms with van der Waals surface area (Å²) < 4.78 is 41.6. The van der Waals surface area contributed by atoms with E-state index in [-0.39, 0.29) is 11.5 Å². The zero-order valence-electron chi connectivity index (χ0n) is 15.3. The fourth-order valence-corrected chi connectivity index (χ4v) is 4.54. The molecular formula is C20H17F2N3O2S. The largest absolute Gasteiger partial charge is 0.306 e. The van der Waals surface area contributed by atoms with Crippen LogP contribution in [-0.4, -0.2) is 19.9 Å². The van der Waals surface area contributed by atoms with Crippen molar-refractivity contribution in [2.24, 2.45) is 0 Å². The Kier molecular flexibility index (Phi) is 4.58. The van der Waals surface area contributed by atoms with Crippen LogP contribution in [0.25, 0.3) is 5.69 Å². The normalized spacial score (nSPS) is 15.5. The van der Waals surface area contributed by atoms with Crippen LogP contribution in [0, 0.1) is 25.5 Å². The van der Waals surface area contributed by atoms with E-state index in [9.17, 15) is 17.8 Å². The maximum Gasteiger partial charge on any atom is 0.262 e. The van der Waals surface area contributed by atoms with Crippen LogP contribution in [0.3, 0.4) is 0 Å². The second kappa shape index (κ2) is 6.94. The van der Waals surface area contributed by atoms with Gasteiger partial charge >= 0.3 is 0 Å². The van der Waals surface area contributed by atoms with E-state index in [0.29, 0.717) is 17.1 Å². The third-order valence-electron chi connectivity index (χ3n) is 4.90. The number of carbonyl (C=O) groups is 1. The number of halogens is 2. The van der Waals surface area contributed by atoms with E-state index >= 15 is 0 Å². The van der Waals surface area contributed by atoms with Gasteiger partial charge in [-0.05, 0) is 43.2 Å². The number of rotatable bonds is 3. The van der Waals surface area contributed by atoms with Crippen LogP contribution in [0.2, 0.25) is 0 Å². The molecule has 0 saturated heterocycles. The van der Waals surface area contributed by atoms with E-state index in [1.807, 2.05) is 32.0 Å². The molecular weight excluding hydrogens is 384 g/mol. The van der Waals surface area contributed by atoms with Gasteiger partial charge in [0, 0.05) is 16.4 Å². The van der Waals surface area contributed by atoms with Crippen molar-refractivity contribution in [3.05, 3.63) is 76.0 Å². The number of nitrogens with zero attached hydrogens (tertiary/aromatic N) is 2. The van der Waals surface area contributed by atoms with E-state index in [1.54, 1.807) is 4.68 Å². The molecule has 1 aliphatic rings. The summed E-state index contributed by atoms with van der Waals surface area (Å²) in [5, 5.41) is 7.13. The SMILES string of the molecule is Cc1cccc(-n2nc3c(c2NC(=O)c2c(F)cccc2F)CS(=O)C3)c1C. The fourth-order valence-electron chi connectivity index (χ4n) is 3.28. The summed E-state index contributed by atoms with van der Waals surface area (Å²) >= 11 is 0. The van der Waals surface area contributed by atoms with Crippen molar-refractivity contribution < 1.29 is 17.8 Å². The lowest BCUT2D eigenvalue weighted by atomic mass is 10.1. The molecule has 0 bridgehead atoms. The minimum Gasteiger partial charge on any atom is -0.306 e. The highest BCUT2D eigenvalue weighted by Crippen LogP contribution is 2.33. The number of fused-ring (bicyclic) bond motifs is 1. The van der Waals surface area contributed by atoms with Crippen LogP contribution in [0.15, 0.2) is 36.4 Å². The maximum absolute atomic E-state index is 14.0. The van der Waals surface area contributed by atoms with Gasteiger partial charge in [-0.3, -0.25) is 9.00 Å². The van der Waals surface area contributed by atoms with Crippen molar-refractivity contribution in [2.75, 3.05) is 5.32 Å². The average molecular weight is 401 g/mol. The zero-order valence-corrected chi connectivity index (χ0v) is 16.1. The first-order chi connectivity index (χ1) is 13.4. The predicted molar refractivity (Wildman–Crippen MR) is 103 cm³/mol. The van der Waals surface area contributed by atoms with Crippen molar-refractivity contribution in [1.82, 2.24) is 9.78 Å².